The van der Waals surface area contributed by atoms with Crippen molar-refractivity contribution in [2.45, 2.75) is 48.6 Å². The van der Waals surface area contributed by atoms with E-state index in [-0.39, 0.29) is 0 Å². The molecule has 0 radical (unpaired) electrons. The molecule has 0 amide bonds. The molecule has 5 aromatic rings. The van der Waals surface area contributed by atoms with Crippen LogP contribution in [0.2, 0.25) is 0 Å². The van der Waals surface area contributed by atoms with Gasteiger partial charge in [0, 0.05) is 31.9 Å². The fraction of sp³-hybridized carbons (Fsp3) is 0.393. The van der Waals surface area contributed by atoms with Gasteiger partial charge in [-0.25, -0.2) is 9.97 Å². The quantitative estimate of drug-likeness (QED) is 0.221. The molecule has 0 aliphatic carbocycles. The molecule has 0 bridgehead atoms. The molecule has 200 valence electrons. The Balaban J connectivity index is 1.10. The lowest BCUT2D eigenvalue weighted by molar-refractivity contribution is 0.556. The molecule has 9 nitrogen and oxygen atoms in total. The molecule has 2 aromatic carbocycles. The van der Waals surface area contributed by atoms with E-state index in [0.717, 1.165) is 80.9 Å². The van der Waals surface area contributed by atoms with Crippen LogP contribution in [0.5, 0.6) is 0 Å². The number of hydrogen-bond acceptors (Lipinski definition) is 10. The third-order valence-corrected chi connectivity index (χ3v) is 9.46. The van der Waals surface area contributed by atoms with E-state index in [1.807, 2.05) is 18.2 Å². The maximum absolute atomic E-state index is 4.91. The standard InChI is InChI=1S/C28H31N9S2/c1-5-13-36(14-6-1)26-33-25(34-27(35-26)37-15-7-2-8-16-37)29-19-11-12-22-23(17-19)39-28(32-22)38-18-24-30-20-9-3-4-10-21(20)31-24/h3-4,9-12,17H,1-2,5-8,13-16,18H2,(H,30,31)(H,29,33,34,35). The summed E-state index contributed by atoms with van der Waals surface area (Å²) >= 11 is 3.41. The smallest absolute Gasteiger partial charge is 0.233 e. The van der Waals surface area contributed by atoms with Gasteiger partial charge in [-0.1, -0.05) is 23.9 Å². The van der Waals surface area contributed by atoms with Crippen LogP contribution >= 0.6 is 23.1 Å². The number of benzene rings is 2. The van der Waals surface area contributed by atoms with E-state index in [0.29, 0.717) is 5.95 Å². The van der Waals surface area contributed by atoms with E-state index < -0.39 is 0 Å². The highest BCUT2D eigenvalue weighted by Crippen LogP contribution is 2.33. The summed E-state index contributed by atoms with van der Waals surface area (Å²) in [5, 5.41) is 3.48. The lowest BCUT2D eigenvalue weighted by Crippen LogP contribution is -2.34. The predicted octanol–water partition coefficient (Wildman–Crippen LogP) is 6.37. The first-order chi connectivity index (χ1) is 19.3. The van der Waals surface area contributed by atoms with Crippen LogP contribution in [-0.4, -0.2) is 56.1 Å². The van der Waals surface area contributed by atoms with Crippen LogP contribution < -0.4 is 15.1 Å². The zero-order valence-electron chi connectivity index (χ0n) is 21.8. The summed E-state index contributed by atoms with van der Waals surface area (Å²) in [7, 11) is 0. The van der Waals surface area contributed by atoms with Gasteiger partial charge in [0.15, 0.2) is 4.34 Å². The fourth-order valence-electron chi connectivity index (χ4n) is 5.26. The van der Waals surface area contributed by atoms with Gasteiger partial charge in [0.25, 0.3) is 0 Å². The van der Waals surface area contributed by atoms with Crippen LogP contribution in [-0.2, 0) is 5.75 Å². The van der Waals surface area contributed by atoms with Crippen LogP contribution in [0.15, 0.2) is 46.8 Å². The van der Waals surface area contributed by atoms with Gasteiger partial charge in [-0.3, -0.25) is 0 Å². The van der Waals surface area contributed by atoms with Gasteiger partial charge >= 0.3 is 0 Å². The molecule has 5 heterocycles. The third-order valence-electron chi connectivity index (χ3n) is 7.29. The van der Waals surface area contributed by atoms with Gasteiger partial charge in [-0.05, 0) is 68.9 Å². The van der Waals surface area contributed by atoms with Crippen molar-refractivity contribution in [3.05, 3.63) is 48.3 Å². The molecule has 2 fully saturated rings. The maximum atomic E-state index is 4.91. The van der Waals surface area contributed by atoms with Gasteiger partial charge in [0.2, 0.25) is 17.8 Å². The Morgan fingerprint density at radius 3 is 2.21 bits per heavy atom. The van der Waals surface area contributed by atoms with E-state index in [1.165, 1.54) is 38.5 Å². The average Bonchev–Trinajstić information content (AvgIpc) is 3.60. The molecule has 3 aromatic heterocycles. The number of imidazole rings is 1. The molecule has 0 spiro atoms. The Bertz CT molecular complexity index is 1520. The molecule has 2 N–H and O–H groups in total. The molecule has 39 heavy (non-hydrogen) atoms. The number of nitrogens with one attached hydrogen (secondary N) is 2. The molecule has 0 atom stereocenters. The summed E-state index contributed by atoms with van der Waals surface area (Å²) in [5.74, 6) is 3.90. The molecule has 2 saturated heterocycles. The first-order valence-electron chi connectivity index (χ1n) is 13.8. The van der Waals surface area contributed by atoms with Crippen molar-refractivity contribution < 1.29 is 0 Å². The average molecular weight is 558 g/mol. The van der Waals surface area contributed by atoms with Crippen LogP contribution in [0.25, 0.3) is 21.3 Å². The number of piperidine rings is 2. The van der Waals surface area contributed by atoms with Crippen molar-refractivity contribution in [2.24, 2.45) is 0 Å². The molecule has 2 aliphatic rings. The zero-order chi connectivity index (χ0) is 26.0. The summed E-state index contributed by atoms with van der Waals surface area (Å²) in [6, 6.07) is 14.4. The van der Waals surface area contributed by atoms with Gasteiger partial charge in [-0.2, -0.15) is 15.0 Å². The van der Waals surface area contributed by atoms with Crippen molar-refractivity contribution in [1.82, 2.24) is 29.9 Å². The number of H-pyrrole nitrogens is 1. The fourth-order valence-corrected chi connectivity index (χ4v) is 7.23. The Kier molecular flexibility index (Phi) is 6.92. The lowest BCUT2D eigenvalue weighted by atomic mass is 10.1. The number of anilines is 4. The molecule has 11 heteroatoms. The van der Waals surface area contributed by atoms with Crippen molar-refractivity contribution in [3.63, 3.8) is 0 Å². The minimum Gasteiger partial charge on any atom is -0.341 e. The maximum Gasteiger partial charge on any atom is 0.233 e. The van der Waals surface area contributed by atoms with E-state index in [9.17, 15) is 0 Å². The van der Waals surface area contributed by atoms with Crippen molar-refractivity contribution in [3.8, 4) is 0 Å². The number of para-hydroxylation sites is 2. The third kappa shape index (κ3) is 5.51. The molecular formula is C28H31N9S2. The Hall–Kier alpha value is -3.44. The lowest BCUT2D eigenvalue weighted by Gasteiger charge is -2.30. The van der Waals surface area contributed by atoms with Crippen LogP contribution in [0.4, 0.5) is 23.5 Å². The number of aromatic amines is 1. The highest BCUT2D eigenvalue weighted by molar-refractivity contribution is 8.00. The monoisotopic (exact) mass is 557 g/mol. The number of rotatable bonds is 7. The summed E-state index contributed by atoms with van der Waals surface area (Å²) < 4.78 is 2.16. The number of thiazole rings is 1. The molecule has 7 rings (SSSR count). The second kappa shape index (κ2) is 11.0. The Morgan fingerprint density at radius 1 is 0.769 bits per heavy atom. The van der Waals surface area contributed by atoms with Gasteiger partial charge in [-0.15, -0.1) is 11.3 Å². The number of fused-ring (bicyclic) bond motifs is 2. The summed E-state index contributed by atoms with van der Waals surface area (Å²) in [6.45, 7) is 4.02. The SMILES string of the molecule is c1ccc2[nH]c(CSc3nc4ccc(Nc5nc(N6CCCCC6)nc(N6CCCCC6)n5)cc4s3)nc2c1. The molecule has 0 unspecified atom stereocenters. The van der Waals surface area contributed by atoms with Gasteiger partial charge in [0.05, 0.1) is 27.0 Å². The first kappa shape index (κ1) is 24.6. The van der Waals surface area contributed by atoms with Crippen LogP contribution in [0, 0.1) is 0 Å². The largest absolute Gasteiger partial charge is 0.341 e. The van der Waals surface area contributed by atoms with Crippen LogP contribution in [0.1, 0.15) is 44.3 Å². The van der Waals surface area contributed by atoms with E-state index in [1.54, 1.807) is 23.1 Å². The van der Waals surface area contributed by atoms with Crippen LogP contribution in [0.3, 0.4) is 0 Å². The van der Waals surface area contributed by atoms with E-state index >= 15 is 0 Å². The highest BCUT2D eigenvalue weighted by atomic mass is 32.2. The second-order valence-corrected chi connectivity index (χ2v) is 12.4. The summed E-state index contributed by atoms with van der Waals surface area (Å²) in [5.41, 5.74) is 4.02. The first-order valence-corrected chi connectivity index (χ1v) is 15.6. The topological polar surface area (TPSA) is 98.8 Å². The number of aromatic nitrogens is 6. The molecule has 2 aliphatic heterocycles. The normalized spacial score (nSPS) is 16.3. The van der Waals surface area contributed by atoms with E-state index in [2.05, 4.69) is 49.4 Å². The number of thioether (sulfide) groups is 1. The van der Waals surface area contributed by atoms with Gasteiger partial charge < -0.3 is 20.1 Å². The Morgan fingerprint density at radius 2 is 1.49 bits per heavy atom. The van der Waals surface area contributed by atoms with E-state index in [4.69, 9.17) is 19.9 Å². The Labute approximate surface area is 235 Å². The number of hydrogen-bond donors (Lipinski definition) is 2. The van der Waals surface area contributed by atoms with Crippen molar-refractivity contribution in [1.29, 1.82) is 0 Å². The number of nitrogens with zero attached hydrogens (tertiary/aromatic N) is 7. The summed E-state index contributed by atoms with van der Waals surface area (Å²) in [4.78, 5) is 32.2. The minimum atomic E-state index is 0.606. The second-order valence-electron chi connectivity index (χ2n) is 10.1. The summed E-state index contributed by atoms with van der Waals surface area (Å²) in [6.07, 6.45) is 7.30. The van der Waals surface area contributed by atoms with Crippen molar-refractivity contribution >= 4 is 67.9 Å². The predicted molar refractivity (Wildman–Crippen MR) is 161 cm³/mol. The zero-order valence-corrected chi connectivity index (χ0v) is 23.4. The van der Waals surface area contributed by atoms with Crippen molar-refractivity contribution in [2.75, 3.05) is 41.3 Å². The minimum absolute atomic E-state index is 0.606. The molecule has 0 saturated carbocycles. The van der Waals surface area contributed by atoms with Gasteiger partial charge in [0.1, 0.15) is 5.82 Å². The highest BCUT2D eigenvalue weighted by Gasteiger charge is 2.20. The molecular weight excluding hydrogens is 527 g/mol.